The zero-order valence-electron chi connectivity index (χ0n) is 7.14. The predicted octanol–water partition coefficient (Wildman–Crippen LogP) is 1.37. The zero-order chi connectivity index (χ0) is 8.36. The molecule has 0 aliphatic heterocycles. The van der Waals surface area contributed by atoms with Crippen LogP contribution in [0, 0.1) is 5.92 Å². The van der Waals surface area contributed by atoms with Gasteiger partial charge >= 0.3 is 0 Å². The Bertz CT molecular complexity index is 122. The Labute approximate surface area is 62.2 Å². The van der Waals surface area contributed by atoms with Crippen LogP contribution in [0.25, 0.3) is 0 Å². The van der Waals surface area contributed by atoms with Gasteiger partial charge in [-0.1, -0.05) is 13.8 Å². The molecule has 60 valence electrons. The van der Waals surface area contributed by atoms with Gasteiger partial charge in [0, 0.05) is 12.3 Å². The summed E-state index contributed by atoms with van der Waals surface area (Å²) in [7, 11) is 0. The molecule has 0 aliphatic rings. The van der Waals surface area contributed by atoms with E-state index in [9.17, 15) is 9.90 Å². The summed E-state index contributed by atoms with van der Waals surface area (Å²) in [5, 5.41) is 9.37. The van der Waals surface area contributed by atoms with Gasteiger partial charge in [0.2, 0.25) is 0 Å². The number of carbonyl (C=O) groups excluding carboxylic acids is 1. The molecule has 10 heavy (non-hydrogen) atoms. The molecule has 0 heterocycles. The molecule has 0 aromatic heterocycles. The van der Waals surface area contributed by atoms with E-state index in [0.29, 0.717) is 6.42 Å². The fourth-order valence-corrected chi connectivity index (χ4v) is 0.700. The first-order chi connectivity index (χ1) is 4.39. The van der Waals surface area contributed by atoms with E-state index in [2.05, 4.69) is 0 Å². The summed E-state index contributed by atoms with van der Waals surface area (Å²) < 4.78 is 0. The lowest BCUT2D eigenvalue weighted by molar-refractivity contribution is -0.128. The molecule has 0 bridgehead atoms. The second kappa shape index (κ2) is 3.15. The molecule has 1 N–H and O–H groups in total. The van der Waals surface area contributed by atoms with Crippen molar-refractivity contribution in [2.45, 2.75) is 39.7 Å². The molecule has 0 radical (unpaired) electrons. The molecule has 0 rings (SSSR count). The van der Waals surface area contributed by atoms with Gasteiger partial charge in [-0.05, 0) is 13.8 Å². The molecule has 0 amide bonds. The molecule has 2 nitrogen and oxygen atoms in total. The third-order valence-corrected chi connectivity index (χ3v) is 1.89. The Morgan fingerprint density at radius 3 is 2.10 bits per heavy atom. The Balaban J connectivity index is 4.08. The topological polar surface area (TPSA) is 37.3 Å². The minimum Gasteiger partial charge on any atom is -0.390 e. The lowest BCUT2D eigenvalue weighted by Crippen LogP contribution is -2.34. The fraction of sp³-hybridized carbons (Fsp3) is 0.875. The minimum atomic E-state index is -0.868. The van der Waals surface area contributed by atoms with E-state index in [1.807, 2.05) is 6.92 Å². The van der Waals surface area contributed by atoms with Crippen LogP contribution in [0.1, 0.15) is 34.1 Å². The van der Waals surface area contributed by atoms with Crippen molar-refractivity contribution in [3.05, 3.63) is 0 Å². The van der Waals surface area contributed by atoms with E-state index >= 15 is 0 Å². The van der Waals surface area contributed by atoms with Crippen molar-refractivity contribution in [1.82, 2.24) is 0 Å². The first kappa shape index (κ1) is 9.63. The highest BCUT2D eigenvalue weighted by molar-refractivity contribution is 5.81. The smallest absolute Gasteiger partial charge is 0.138 e. The van der Waals surface area contributed by atoms with Gasteiger partial charge in [0.25, 0.3) is 0 Å². The van der Waals surface area contributed by atoms with Crippen molar-refractivity contribution >= 4 is 5.78 Å². The normalized spacial score (nSPS) is 14.9. The van der Waals surface area contributed by atoms with Gasteiger partial charge in [-0.3, -0.25) is 4.79 Å². The van der Waals surface area contributed by atoms with Crippen LogP contribution in [0.3, 0.4) is 0 Å². The number of hydrogen-bond acceptors (Lipinski definition) is 2. The van der Waals surface area contributed by atoms with Crippen molar-refractivity contribution in [2.24, 2.45) is 5.92 Å². The highest BCUT2D eigenvalue weighted by Gasteiger charge is 2.26. The fourth-order valence-electron chi connectivity index (χ4n) is 0.700. The van der Waals surface area contributed by atoms with E-state index in [1.165, 1.54) is 0 Å². The molecule has 1 unspecified atom stereocenters. The van der Waals surface area contributed by atoms with Crippen molar-refractivity contribution in [3.63, 3.8) is 0 Å². The highest BCUT2D eigenvalue weighted by atomic mass is 16.3. The first-order valence-corrected chi connectivity index (χ1v) is 3.64. The maximum atomic E-state index is 11.0. The van der Waals surface area contributed by atoms with Crippen LogP contribution in [0.4, 0.5) is 0 Å². The summed E-state index contributed by atoms with van der Waals surface area (Å²) in [5.41, 5.74) is -0.868. The third kappa shape index (κ3) is 2.48. The molecule has 1 atom stereocenters. The van der Waals surface area contributed by atoms with E-state index in [4.69, 9.17) is 0 Å². The predicted molar refractivity (Wildman–Crippen MR) is 40.8 cm³/mol. The van der Waals surface area contributed by atoms with E-state index in [-0.39, 0.29) is 11.7 Å². The van der Waals surface area contributed by atoms with Gasteiger partial charge < -0.3 is 5.11 Å². The number of rotatable bonds is 3. The number of ketones is 1. The highest BCUT2D eigenvalue weighted by Crippen LogP contribution is 2.17. The molecular weight excluding hydrogens is 128 g/mol. The van der Waals surface area contributed by atoms with Crippen LogP contribution in [-0.2, 0) is 4.79 Å². The minimum absolute atomic E-state index is 0.118. The van der Waals surface area contributed by atoms with Crippen LogP contribution in [-0.4, -0.2) is 16.5 Å². The molecule has 0 aromatic rings. The number of aliphatic hydroxyl groups is 1. The van der Waals surface area contributed by atoms with Crippen molar-refractivity contribution in [2.75, 3.05) is 0 Å². The van der Waals surface area contributed by atoms with Crippen LogP contribution in [0.2, 0.25) is 0 Å². The van der Waals surface area contributed by atoms with Crippen LogP contribution in [0.15, 0.2) is 0 Å². The standard InChI is InChI=1S/C8H16O2/c1-5-7(9)6(2)8(3,4)10/h6,10H,5H2,1-4H3. The second-order valence-corrected chi connectivity index (χ2v) is 3.20. The summed E-state index contributed by atoms with van der Waals surface area (Å²) >= 11 is 0. The van der Waals surface area contributed by atoms with Gasteiger partial charge in [0.1, 0.15) is 5.78 Å². The Hall–Kier alpha value is -0.370. The first-order valence-electron chi connectivity index (χ1n) is 3.64. The van der Waals surface area contributed by atoms with Crippen LogP contribution in [0.5, 0.6) is 0 Å². The summed E-state index contributed by atoms with van der Waals surface area (Å²) in [5.74, 6) is -0.134. The number of carbonyl (C=O) groups is 1. The molecule has 0 aliphatic carbocycles. The quantitative estimate of drug-likeness (QED) is 0.649. The zero-order valence-corrected chi connectivity index (χ0v) is 7.14. The van der Waals surface area contributed by atoms with Gasteiger partial charge in [0.05, 0.1) is 5.60 Å². The lowest BCUT2D eigenvalue weighted by atomic mass is 9.88. The van der Waals surface area contributed by atoms with Gasteiger partial charge in [0.15, 0.2) is 0 Å². The molecule has 0 saturated carbocycles. The van der Waals surface area contributed by atoms with E-state index in [1.54, 1.807) is 20.8 Å². The molecule has 0 aromatic carbocycles. The lowest BCUT2D eigenvalue weighted by Gasteiger charge is -2.23. The third-order valence-electron chi connectivity index (χ3n) is 1.89. The number of Topliss-reactive ketones (excluding diaryl/α,β-unsaturated/α-hetero) is 1. The molecule has 0 saturated heterocycles. The Kier molecular flexibility index (Phi) is 3.03. The van der Waals surface area contributed by atoms with E-state index in [0.717, 1.165) is 0 Å². The summed E-state index contributed by atoms with van der Waals surface area (Å²) in [6, 6.07) is 0. The van der Waals surface area contributed by atoms with Crippen molar-refractivity contribution < 1.29 is 9.90 Å². The van der Waals surface area contributed by atoms with Crippen molar-refractivity contribution in [3.8, 4) is 0 Å². The summed E-state index contributed by atoms with van der Waals surface area (Å²) in [6.07, 6.45) is 0.505. The molecule has 0 spiro atoms. The summed E-state index contributed by atoms with van der Waals surface area (Å²) in [6.45, 7) is 6.88. The number of hydrogen-bond donors (Lipinski definition) is 1. The van der Waals surface area contributed by atoms with Crippen molar-refractivity contribution in [1.29, 1.82) is 0 Å². The SMILES string of the molecule is CCC(=O)C(C)C(C)(C)O. The van der Waals surface area contributed by atoms with Gasteiger partial charge in [-0.15, -0.1) is 0 Å². The molecule has 0 fully saturated rings. The van der Waals surface area contributed by atoms with Gasteiger partial charge in [-0.25, -0.2) is 0 Å². The Morgan fingerprint density at radius 1 is 1.60 bits per heavy atom. The Morgan fingerprint density at radius 2 is 2.00 bits per heavy atom. The summed E-state index contributed by atoms with van der Waals surface area (Å²) in [4.78, 5) is 11.0. The molecule has 2 heteroatoms. The maximum absolute atomic E-state index is 11.0. The van der Waals surface area contributed by atoms with E-state index < -0.39 is 5.60 Å². The average Bonchev–Trinajstić information content (AvgIpc) is 1.83. The molecular formula is C8H16O2. The van der Waals surface area contributed by atoms with Crippen LogP contribution >= 0.6 is 0 Å². The largest absolute Gasteiger partial charge is 0.390 e. The van der Waals surface area contributed by atoms with Gasteiger partial charge in [-0.2, -0.15) is 0 Å². The monoisotopic (exact) mass is 144 g/mol. The second-order valence-electron chi connectivity index (χ2n) is 3.20. The maximum Gasteiger partial charge on any atom is 0.138 e. The van der Waals surface area contributed by atoms with Crippen LogP contribution < -0.4 is 0 Å². The average molecular weight is 144 g/mol.